The molecule has 0 amide bonds. The third kappa shape index (κ3) is 4.76. The molecule has 0 aromatic carbocycles. The van der Waals surface area contributed by atoms with E-state index in [0.717, 1.165) is 0 Å². The average Bonchev–Trinajstić information content (AvgIpc) is 1.86. The van der Waals surface area contributed by atoms with Gasteiger partial charge in [-0.05, 0) is 6.07 Å². The van der Waals surface area contributed by atoms with Crippen molar-refractivity contribution in [3.63, 3.8) is 0 Å². The Kier molecular flexibility index (Phi) is 7.98. The second-order valence-corrected chi connectivity index (χ2v) is 8.96. The summed E-state index contributed by atoms with van der Waals surface area (Å²) in [5, 5.41) is 1.50. The van der Waals surface area contributed by atoms with Crippen molar-refractivity contribution in [3.8, 4) is 0 Å². The first kappa shape index (κ1) is 16.3. The van der Waals surface area contributed by atoms with Crippen LogP contribution in [0.25, 0.3) is 0 Å². The van der Waals surface area contributed by atoms with Crippen molar-refractivity contribution < 1.29 is 31.4 Å². The molecule has 1 aromatic rings. The number of nitrogens with zero attached hydrogens (tertiary/aromatic N) is 1. The molecule has 0 spiro atoms. The number of hydrogen-bond acceptors (Lipinski definition) is 0. The predicted octanol–water partition coefficient (Wildman–Crippen LogP) is -2.10. The van der Waals surface area contributed by atoms with Crippen LogP contribution in [0.1, 0.15) is 2.85 Å². The molecule has 0 bridgehead atoms. The van der Waals surface area contributed by atoms with Gasteiger partial charge in [0.15, 0.2) is 19.6 Å². The predicted molar refractivity (Wildman–Crippen MR) is 58.6 cm³/mol. The SMILES string of the molecule is C[n+]1ccccc1[Si](C)(C)C.[H-].[H-].[I-].[Mg+2]. The van der Waals surface area contributed by atoms with E-state index in [4.69, 9.17) is 0 Å². The molecule has 1 rings (SSSR count). The van der Waals surface area contributed by atoms with E-state index >= 15 is 0 Å². The smallest absolute Gasteiger partial charge is 1.00 e. The summed E-state index contributed by atoms with van der Waals surface area (Å²) in [5.41, 5.74) is 0. The summed E-state index contributed by atoms with van der Waals surface area (Å²) in [6.45, 7) is 7.09. The zero-order chi connectivity index (χ0) is 8.48. The fourth-order valence-electron chi connectivity index (χ4n) is 1.30. The van der Waals surface area contributed by atoms with Gasteiger partial charge in [-0.15, -0.1) is 0 Å². The molecule has 0 N–H and O–H groups in total. The van der Waals surface area contributed by atoms with E-state index in [1.54, 1.807) is 0 Å². The third-order valence-corrected chi connectivity index (χ3v) is 3.88. The Balaban J connectivity index is -0.000000151. The van der Waals surface area contributed by atoms with Crippen LogP contribution in [-0.2, 0) is 7.05 Å². The normalized spacial score (nSPS) is 9.85. The van der Waals surface area contributed by atoms with Gasteiger partial charge in [0.25, 0.3) is 0 Å². The van der Waals surface area contributed by atoms with Gasteiger partial charge in [0.05, 0.1) is 0 Å². The minimum Gasteiger partial charge on any atom is -1.00 e. The molecule has 1 nitrogen and oxygen atoms in total. The number of hydrogen-bond donors (Lipinski definition) is 0. The molecule has 0 unspecified atom stereocenters. The van der Waals surface area contributed by atoms with E-state index in [2.05, 4.69) is 55.7 Å². The van der Waals surface area contributed by atoms with E-state index in [9.17, 15) is 0 Å². The molecule has 0 saturated carbocycles. The van der Waals surface area contributed by atoms with E-state index in [1.165, 1.54) is 5.32 Å². The summed E-state index contributed by atoms with van der Waals surface area (Å²) >= 11 is 0. The Hall–Kier alpha value is 0.863. The standard InChI is InChI=1S/C9H16NSi.HI.Mg.2H/c1-10-8-6-5-7-9(10)11(2,3)4;;;;/h5-8H,1-4H3;1H;;;/q+1;;+2;2*-1/p-1. The van der Waals surface area contributed by atoms with Crippen LogP contribution in [0.2, 0.25) is 19.6 Å². The van der Waals surface area contributed by atoms with Gasteiger partial charge in [0, 0.05) is 6.07 Å². The summed E-state index contributed by atoms with van der Waals surface area (Å²) in [7, 11) is 1.00. The van der Waals surface area contributed by atoms with Crippen molar-refractivity contribution in [1.29, 1.82) is 0 Å². The molecule has 1 heterocycles. The van der Waals surface area contributed by atoms with Crippen molar-refractivity contribution in [2.24, 2.45) is 7.05 Å². The van der Waals surface area contributed by atoms with E-state index in [1.807, 2.05) is 0 Å². The fourth-order valence-corrected chi connectivity index (χ4v) is 3.03. The summed E-state index contributed by atoms with van der Waals surface area (Å²) in [4.78, 5) is 0. The van der Waals surface area contributed by atoms with Gasteiger partial charge < -0.3 is 26.8 Å². The van der Waals surface area contributed by atoms with Gasteiger partial charge in [0.2, 0.25) is 0 Å². The Morgan fingerprint density at radius 1 is 1.23 bits per heavy atom. The van der Waals surface area contributed by atoms with E-state index in [0.29, 0.717) is 0 Å². The Labute approximate surface area is 118 Å². The summed E-state index contributed by atoms with van der Waals surface area (Å²) in [6.07, 6.45) is 2.12. The van der Waals surface area contributed by atoms with Crippen LogP contribution in [-0.4, -0.2) is 31.1 Å². The Morgan fingerprint density at radius 2 is 1.77 bits per heavy atom. The molecular formula is C9H18IMgNSi. The first-order valence-electron chi connectivity index (χ1n) is 3.97. The summed E-state index contributed by atoms with van der Waals surface area (Å²) in [6, 6.07) is 6.42. The molecule has 4 heteroatoms. The maximum atomic E-state index is 2.36. The van der Waals surface area contributed by atoms with Crippen LogP contribution in [0.4, 0.5) is 0 Å². The van der Waals surface area contributed by atoms with Crippen molar-refractivity contribution in [2.75, 3.05) is 0 Å². The number of aromatic nitrogens is 1. The zero-order valence-electron chi connectivity index (χ0n) is 10.8. The quantitative estimate of drug-likeness (QED) is 0.317. The molecule has 72 valence electrons. The molecule has 13 heavy (non-hydrogen) atoms. The minimum absolute atomic E-state index is 0. The second kappa shape index (κ2) is 6.37. The number of halogens is 1. The van der Waals surface area contributed by atoms with Crippen LogP contribution in [0.3, 0.4) is 0 Å². The fraction of sp³-hybridized carbons (Fsp3) is 0.444. The molecular weight excluding hydrogens is 301 g/mol. The Bertz CT molecular complexity index is 269. The van der Waals surface area contributed by atoms with Crippen LogP contribution < -0.4 is 33.9 Å². The number of pyridine rings is 1. The first-order chi connectivity index (χ1) is 5.02. The van der Waals surface area contributed by atoms with Gasteiger partial charge in [-0.25, -0.2) is 4.57 Å². The van der Waals surface area contributed by atoms with Gasteiger partial charge in [-0.3, -0.25) is 0 Å². The van der Waals surface area contributed by atoms with Crippen molar-refractivity contribution in [1.82, 2.24) is 0 Å². The molecule has 1 aromatic heterocycles. The monoisotopic (exact) mass is 319 g/mol. The van der Waals surface area contributed by atoms with Crippen LogP contribution in [0.15, 0.2) is 24.4 Å². The maximum Gasteiger partial charge on any atom is 2.00 e. The maximum absolute atomic E-state index is 2.36. The van der Waals surface area contributed by atoms with Gasteiger partial charge in [-0.1, -0.05) is 25.7 Å². The number of aryl methyl sites for hydroxylation is 1. The number of rotatable bonds is 1. The van der Waals surface area contributed by atoms with E-state index in [-0.39, 0.29) is 49.9 Å². The second-order valence-electron chi connectivity index (χ2n) is 3.95. The molecule has 0 fully saturated rings. The topological polar surface area (TPSA) is 3.88 Å². The van der Waals surface area contributed by atoms with Crippen LogP contribution in [0.5, 0.6) is 0 Å². The molecule has 0 aliphatic carbocycles. The molecule has 0 radical (unpaired) electrons. The van der Waals surface area contributed by atoms with Crippen molar-refractivity contribution in [2.45, 2.75) is 19.6 Å². The van der Waals surface area contributed by atoms with Crippen LogP contribution >= 0.6 is 0 Å². The Morgan fingerprint density at radius 3 is 2.08 bits per heavy atom. The summed E-state index contributed by atoms with van der Waals surface area (Å²) < 4.78 is 2.23. The zero-order valence-corrected chi connectivity index (χ0v) is 13.4. The molecule has 0 atom stereocenters. The average molecular weight is 320 g/mol. The van der Waals surface area contributed by atoms with Gasteiger partial charge in [-0.2, -0.15) is 0 Å². The van der Waals surface area contributed by atoms with Crippen molar-refractivity contribution in [3.05, 3.63) is 24.4 Å². The molecule has 0 aliphatic rings. The van der Waals surface area contributed by atoms with Crippen molar-refractivity contribution >= 4 is 36.4 Å². The van der Waals surface area contributed by atoms with Gasteiger partial charge >= 0.3 is 23.1 Å². The molecule has 0 saturated heterocycles. The third-order valence-electron chi connectivity index (χ3n) is 1.82. The minimum atomic E-state index is -1.11. The first-order valence-corrected chi connectivity index (χ1v) is 7.47. The molecule has 0 aliphatic heterocycles. The largest absolute Gasteiger partial charge is 2.00 e. The van der Waals surface area contributed by atoms with E-state index < -0.39 is 8.07 Å². The van der Waals surface area contributed by atoms with Gasteiger partial charge in [0.1, 0.15) is 7.05 Å². The summed E-state index contributed by atoms with van der Waals surface area (Å²) in [5.74, 6) is 0. The van der Waals surface area contributed by atoms with Crippen LogP contribution in [0, 0.1) is 0 Å².